The Bertz CT molecular complexity index is 505. The number of halogens is 1. The van der Waals surface area contributed by atoms with Crippen LogP contribution in [0.3, 0.4) is 0 Å². The summed E-state index contributed by atoms with van der Waals surface area (Å²) in [6.45, 7) is 3.49. The molecular weight excluding hydrogens is 270 g/mol. The van der Waals surface area contributed by atoms with E-state index in [9.17, 15) is 0 Å². The first-order chi connectivity index (χ1) is 7.84. The zero-order chi connectivity index (χ0) is 11.0. The van der Waals surface area contributed by atoms with Gasteiger partial charge in [-0.15, -0.1) is 0 Å². The van der Waals surface area contributed by atoms with Crippen molar-refractivity contribution in [1.29, 1.82) is 0 Å². The number of aromatic amines is 1. The minimum absolute atomic E-state index is 0.800. The number of pyridine rings is 1. The van der Waals surface area contributed by atoms with E-state index < -0.39 is 0 Å². The van der Waals surface area contributed by atoms with Crippen LogP contribution in [-0.2, 0) is 4.74 Å². The van der Waals surface area contributed by atoms with Gasteiger partial charge in [-0.05, 0) is 22.0 Å². The Morgan fingerprint density at radius 1 is 1.38 bits per heavy atom. The van der Waals surface area contributed by atoms with Gasteiger partial charge in [0.05, 0.1) is 18.9 Å². The molecule has 5 heteroatoms. The molecular formula is C11H12BrN3O. The maximum Gasteiger partial charge on any atom is 0.139 e. The molecule has 0 unspecified atom stereocenters. The lowest BCUT2D eigenvalue weighted by Gasteiger charge is -2.28. The standard InChI is InChI=1S/C11H12BrN3O/c12-8-5-9-10(7-14-11(9)13-6-8)15-1-3-16-4-2-15/h5-7H,1-4H2,(H,13,14). The average molecular weight is 282 g/mol. The van der Waals surface area contributed by atoms with Gasteiger partial charge in [0.2, 0.25) is 0 Å². The van der Waals surface area contributed by atoms with E-state index in [0.717, 1.165) is 41.8 Å². The molecule has 0 aliphatic carbocycles. The number of hydrogen-bond acceptors (Lipinski definition) is 3. The van der Waals surface area contributed by atoms with E-state index in [-0.39, 0.29) is 0 Å². The third-order valence-electron chi connectivity index (χ3n) is 2.83. The highest BCUT2D eigenvalue weighted by Crippen LogP contribution is 2.28. The van der Waals surface area contributed by atoms with Crippen LogP contribution in [0.2, 0.25) is 0 Å². The number of ether oxygens (including phenoxy) is 1. The number of morpholine rings is 1. The first-order valence-electron chi connectivity index (χ1n) is 5.30. The number of hydrogen-bond donors (Lipinski definition) is 1. The molecule has 1 aliphatic rings. The summed E-state index contributed by atoms with van der Waals surface area (Å²) in [6, 6.07) is 2.10. The van der Waals surface area contributed by atoms with Crippen LogP contribution >= 0.6 is 15.9 Å². The normalized spacial score (nSPS) is 16.9. The van der Waals surface area contributed by atoms with Crippen LogP contribution in [0.4, 0.5) is 5.69 Å². The van der Waals surface area contributed by atoms with E-state index in [1.165, 1.54) is 5.69 Å². The van der Waals surface area contributed by atoms with Gasteiger partial charge in [0.15, 0.2) is 0 Å². The largest absolute Gasteiger partial charge is 0.378 e. The van der Waals surface area contributed by atoms with Gasteiger partial charge < -0.3 is 14.6 Å². The fraction of sp³-hybridized carbons (Fsp3) is 0.364. The minimum Gasteiger partial charge on any atom is -0.378 e. The molecule has 84 valence electrons. The highest BCUT2D eigenvalue weighted by Gasteiger charge is 2.15. The summed E-state index contributed by atoms with van der Waals surface area (Å²) >= 11 is 3.46. The van der Waals surface area contributed by atoms with Crippen molar-refractivity contribution in [3.63, 3.8) is 0 Å². The van der Waals surface area contributed by atoms with E-state index in [0.29, 0.717) is 0 Å². The predicted molar refractivity (Wildman–Crippen MR) is 66.8 cm³/mol. The van der Waals surface area contributed by atoms with Crippen LogP contribution < -0.4 is 4.90 Å². The van der Waals surface area contributed by atoms with Gasteiger partial charge in [-0.2, -0.15) is 0 Å². The van der Waals surface area contributed by atoms with E-state index in [2.05, 4.69) is 36.9 Å². The van der Waals surface area contributed by atoms with Crippen LogP contribution in [0.1, 0.15) is 0 Å². The molecule has 4 nitrogen and oxygen atoms in total. The van der Waals surface area contributed by atoms with Crippen LogP contribution in [0, 0.1) is 0 Å². The van der Waals surface area contributed by atoms with Crippen molar-refractivity contribution < 1.29 is 4.74 Å². The second kappa shape index (κ2) is 4.07. The maximum absolute atomic E-state index is 5.36. The van der Waals surface area contributed by atoms with Crippen molar-refractivity contribution in [3.05, 3.63) is 22.9 Å². The van der Waals surface area contributed by atoms with E-state index in [1.807, 2.05) is 12.4 Å². The topological polar surface area (TPSA) is 41.2 Å². The van der Waals surface area contributed by atoms with Crippen LogP contribution in [-0.4, -0.2) is 36.3 Å². The van der Waals surface area contributed by atoms with Gasteiger partial charge in [0.25, 0.3) is 0 Å². The lowest BCUT2D eigenvalue weighted by Crippen LogP contribution is -2.36. The van der Waals surface area contributed by atoms with Gasteiger partial charge in [-0.25, -0.2) is 4.98 Å². The molecule has 1 N–H and O–H groups in total. The summed E-state index contributed by atoms with van der Waals surface area (Å²) in [4.78, 5) is 9.86. The van der Waals surface area contributed by atoms with E-state index >= 15 is 0 Å². The number of rotatable bonds is 1. The molecule has 1 aliphatic heterocycles. The Balaban J connectivity index is 2.05. The number of anilines is 1. The molecule has 2 aromatic heterocycles. The van der Waals surface area contributed by atoms with Crippen molar-refractivity contribution in [3.8, 4) is 0 Å². The lowest BCUT2D eigenvalue weighted by molar-refractivity contribution is 0.123. The molecule has 0 amide bonds. The summed E-state index contributed by atoms with van der Waals surface area (Å²) in [5.74, 6) is 0. The number of H-pyrrole nitrogens is 1. The zero-order valence-electron chi connectivity index (χ0n) is 8.74. The molecule has 0 saturated carbocycles. The Morgan fingerprint density at radius 2 is 2.19 bits per heavy atom. The first kappa shape index (κ1) is 10.1. The summed E-state index contributed by atoms with van der Waals surface area (Å²) in [5, 5.41) is 1.16. The van der Waals surface area contributed by atoms with Crippen LogP contribution in [0.25, 0.3) is 11.0 Å². The summed E-state index contributed by atoms with van der Waals surface area (Å²) in [5.41, 5.74) is 2.15. The van der Waals surface area contributed by atoms with E-state index in [4.69, 9.17) is 4.74 Å². The number of nitrogens with zero attached hydrogens (tertiary/aromatic N) is 2. The summed E-state index contributed by atoms with van der Waals surface area (Å²) < 4.78 is 6.37. The number of aromatic nitrogens is 2. The highest BCUT2D eigenvalue weighted by molar-refractivity contribution is 9.10. The molecule has 2 aromatic rings. The van der Waals surface area contributed by atoms with Crippen LogP contribution in [0.5, 0.6) is 0 Å². The number of fused-ring (bicyclic) bond motifs is 1. The predicted octanol–water partition coefficient (Wildman–Crippen LogP) is 2.16. The smallest absolute Gasteiger partial charge is 0.139 e. The lowest BCUT2D eigenvalue weighted by atomic mass is 10.2. The summed E-state index contributed by atoms with van der Waals surface area (Å²) in [7, 11) is 0. The maximum atomic E-state index is 5.36. The second-order valence-corrected chi connectivity index (χ2v) is 4.74. The summed E-state index contributed by atoms with van der Waals surface area (Å²) in [6.07, 6.45) is 3.83. The second-order valence-electron chi connectivity index (χ2n) is 3.82. The van der Waals surface area contributed by atoms with Crippen LogP contribution in [0.15, 0.2) is 22.9 Å². The van der Waals surface area contributed by atoms with Crippen molar-refractivity contribution in [2.24, 2.45) is 0 Å². The molecule has 0 spiro atoms. The Labute approximate surface area is 102 Å². The average Bonchev–Trinajstić information content (AvgIpc) is 2.73. The molecule has 0 bridgehead atoms. The van der Waals surface area contributed by atoms with Crippen molar-refractivity contribution in [2.75, 3.05) is 31.2 Å². The zero-order valence-corrected chi connectivity index (χ0v) is 10.3. The molecule has 3 heterocycles. The molecule has 3 rings (SSSR count). The van der Waals surface area contributed by atoms with Crippen molar-refractivity contribution in [2.45, 2.75) is 0 Å². The molecule has 0 aromatic carbocycles. The quantitative estimate of drug-likeness (QED) is 0.871. The minimum atomic E-state index is 0.800. The van der Waals surface area contributed by atoms with Gasteiger partial charge in [-0.1, -0.05) is 0 Å². The molecule has 0 radical (unpaired) electrons. The fourth-order valence-electron chi connectivity index (χ4n) is 2.03. The van der Waals surface area contributed by atoms with Gasteiger partial charge in [0, 0.05) is 35.3 Å². The Kier molecular flexibility index (Phi) is 2.57. The molecule has 0 atom stereocenters. The van der Waals surface area contributed by atoms with Crippen molar-refractivity contribution >= 4 is 32.7 Å². The first-order valence-corrected chi connectivity index (χ1v) is 6.09. The Morgan fingerprint density at radius 3 is 3.00 bits per heavy atom. The molecule has 1 saturated heterocycles. The van der Waals surface area contributed by atoms with E-state index in [1.54, 1.807) is 0 Å². The fourth-order valence-corrected chi connectivity index (χ4v) is 2.36. The molecule has 16 heavy (non-hydrogen) atoms. The third kappa shape index (κ3) is 1.70. The Hall–Kier alpha value is -1.07. The van der Waals surface area contributed by atoms with Crippen molar-refractivity contribution in [1.82, 2.24) is 9.97 Å². The third-order valence-corrected chi connectivity index (χ3v) is 3.26. The highest BCUT2D eigenvalue weighted by atomic mass is 79.9. The monoisotopic (exact) mass is 281 g/mol. The SMILES string of the molecule is Brc1cnc2[nH]cc(N3CCOCC3)c2c1. The van der Waals surface area contributed by atoms with Gasteiger partial charge in [-0.3, -0.25) is 0 Å². The van der Waals surface area contributed by atoms with Gasteiger partial charge in [0.1, 0.15) is 5.65 Å². The van der Waals surface area contributed by atoms with Gasteiger partial charge >= 0.3 is 0 Å². The number of nitrogens with one attached hydrogen (secondary N) is 1. The molecule has 1 fully saturated rings.